The molecule has 1 amide bonds. The molecule has 3 rings (SSSR count). The Balaban J connectivity index is 1.67. The average molecular weight is 404 g/mol. The smallest absolute Gasteiger partial charge is 0.244 e. The van der Waals surface area contributed by atoms with E-state index in [-0.39, 0.29) is 35.9 Å². The number of carbonyl (C=O) groups excluding carboxylic acids is 1. The lowest BCUT2D eigenvalue weighted by molar-refractivity contribution is -0.131. The first-order chi connectivity index (χ1) is 12.9. The molecule has 8 heteroatoms. The van der Waals surface area contributed by atoms with Crippen molar-refractivity contribution in [3.8, 4) is 6.07 Å². The molecule has 6 nitrogen and oxygen atoms in total. The second-order valence-corrected chi connectivity index (χ2v) is 8.47. The number of hydrogen-bond donors (Lipinski definition) is 0. The van der Waals surface area contributed by atoms with E-state index in [0.717, 1.165) is 5.56 Å². The number of carbonyl (C=O) groups is 1. The summed E-state index contributed by atoms with van der Waals surface area (Å²) in [6.45, 7) is 0.987. The van der Waals surface area contributed by atoms with Crippen LogP contribution in [0.15, 0.2) is 53.4 Å². The van der Waals surface area contributed by atoms with Crippen molar-refractivity contribution in [2.75, 3.05) is 26.2 Å². The Morgan fingerprint density at radius 1 is 1.04 bits per heavy atom. The Bertz CT molecular complexity index is 993. The summed E-state index contributed by atoms with van der Waals surface area (Å²) in [5, 5.41) is 9.70. The SMILES string of the molecule is N#Cc1ccccc1S(=O)(=O)N1CCN(C(=O)Cc2ccccc2Cl)CC1. The summed E-state index contributed by atoms with van der Waals surface area (Å²) in [6, 6.07) is 15.2. The Morgan fingerprint density at radius 2 is 1.67 bits per heavy atom. The van der Waals surface area contributed by atoms with Crippen LogP contribution in [0.2, 0.25) is 5.02 Å². The maximum absolute atomic E-state index is 12.8. The number of halogens is 1. The van der Waals surface area contributed by atoms with Crippen LogP contribution < -0.4 is 0 Å². The maximum Gasteiger partial charge on any atom is 0.244 e. The van der Waals surface area contributed by atoms with Crippen LogP contribution in [0.3, 0.4) is 0 Å². The van der Waals surface area contributed by atoms with Crippen molar-refractivity contribution in [2.24, 2.45) is 0 Å². The first kappa shape index (κ1) is 19.4. The molecular weight excluding hydrogens is 386 g/mol. The number of piperazine rings is 1. The number of benzene rings is 2. The van der Waals surface area contributed by atoms with Crippen LogP contribution in [0.5, 0.6) is 0 Å². The molecule has 0 aliphatic carbocycles. The van der Waals surface area contributed by atoms with E-state index in [1.807, 2.05) is 12.1 Å². The standard InChI is InChI=1S/C19H18ClN3O3S/c20-17-7-3-1-5-15(17)13-19(24)22-9-11-23(12-10-22)27(25,26)18-8-4-2-6-16(18)14-21/h1-8H,9-13H2. The largest absolute Gasteiger partial charge is 0.340 e. The van der Waals surface area contributed by atoms with Crippen molar-refractivity contribution < 1.29 is 13.2 Å². The van der Waals surface area contributed by atoms with E-state index in [9.17, 15) is 13.2 Å². The van der Waals surface area contributed by atoms with Crippen LogP contribution in [-0.2, 0) is 21.2 Å². The fourth-order valence-corrected chi connectivity index (χ4v) is 4.78. The number of hydrogen-bond acceptors (Lipinski definition) is 4. The van der Waals surface area contributed by atoms with Gasteiger partial charge in [0.1, 0.15) is 6.07 Å². The Kier molecular flexibility index (Phi) is 5.80. The normalized spacial score (nSPS) is 15.3. The summed E-state index contributed by atoms with van der Waals surface area (Å²) in [4.78, 5) is 14.2. The first-order valence-electron chi connectivity index (χ1n) is 8.44. The minimum absolute atomic E-state index is 0.00310. The van der Waals surface area contributed by atoms with E-state index in [2.05, 4.69) is 0 Å². The van der Waals surface area contributed by atoms with Crippen molar-refractivity contribution in [1.29, 1.82) is 5.26 Å². The van der Waals surface area contributed by atoms with Gasteiger partial charge in [-0.05, 0) is 23.8 Å². The van der Waals surface area contributed by atoms with E-state index in [1.54, 1.807) is 35.2 Å². The quantitative estimate of drug-likeness (QED) is 0.784. The zero-order valence-electron chi connectivity index (χ0n) is 14.5. The minimum atomic E-state index is -3.77. The molecule has 0 radical (unpaired) electrons. The van der Waals surface area contributed by atoms with Gasteiger partial charge < -0.3 is 4.90 Å². The Labute approximate surface area is 163 Å². The van der Waals surface area contributed by atoms with Crippen molar-refractivity contribution in [1.82, 2.24) is 9.21 Å². The summed E-state index contributed by atoms with van der Waals surface area (Å²) in [5.74, 6) is -0.0856. The fourth-order valence-electron chi connectivity index (χ4n) is 3.02. The summed E-state index contributed by atoms with van der Waals surface area (Å²) in [6.07, 6.45) is 0.184. The Hall–Kier alpha value is -2.40. The third-order valence-electron chi connectivity index (χ3n) is 4.52. The number of sulfonamides is 1. The van der Waals surface area contributed by atoms with E-state index < -0.39 is 10.0 Å². The van der Waals surface area contributed by atoms with Crippen LogP contribution in [-0.4, -0.2) is 49.7 Å². The topological polar surface area (TPSA) is 81.5 Å². The molecule has 1 saturated heterocycles. The molecule has 0 atom stereocenters. The Morgan fingerprint density at radius 3 is 2.33 bits per heavy atom. The molecule has 1 aliphatic heterocycles. The van der Waals surface area contributed by atoms with Crippen LogP contribution >= 0.6 is 11.6 Å². The lowest BCUT2D eigenvalue weighted by Gasteiger charge is -2.34. The van der Waals surface area contributed by atoms with Gasteiger partial charge in [0, 0.05) is 31.2 Å². The lowest BCUT2D eigenvalue weighted by Crippen LogP contribution is -2.51. The summed E-state index contributed by atoms with van der Waals surface area (Å²) in [5.41, 5.74) is 0.872. The number of nitrogens with zero attached hydrogens (tertiary/aromatic N) is 3. The molecule has 2 aromatic carbocycles. The molecule has 140 valence electrons. The predicted octanol–water partition coefficient (Wildman–Crippen LogP) is 2.29. The monoisotopic (exact) mass is 403 g/mol. The molecular formula is C19H18ClN3O3S. The molecule has 27 heavy (non-hydrogen) atoms. The molecule has 0 N–H and O–H groups in total. The van der Waals surface area contributed by atoms with E-state index in [0.29, 0.717) is 18.1 Å². The van der Waals surface area contributed by atoms with Gasteiger partial charge in [-0.25, -0.2) is 8.42 Å². The van der Waals surface area contributed by atoms with Gasteiger partial charge in [0.15, 0.2) is 0 Å². The van der Waals surface area contributed by atoms with Gasteiger partial charge in [0.2, 0.25) is 15.9 Å². The molecule has 0 spiro atoms. The molecule has 0 unspecified atom stereocenters. The third kappa shape index (κ3) is 4.14. The van der Waals surface area contributed by atoms with Gasteiger partial charge in [-0.1, -0.05) is 41.9 Å². The second-order valence-electron chi connectivity index (χ2n) is 6.16. The summed E-state index contributed by atoms with van der Waals surface area (Å²) < 4.78 is 27.0. The van der Waals surface area contributed by atoms with Crippen LogP contribution in [0.25, 0.3) is 0 Å². The number of nitriles is 1. The minimum Gasteiger partial charge on any atom is -0.340 e. The van der Waals surface area contributed by atoms with E-state index in [4.69, 9.17) is 16.9 Å². The molecule has 0 aromatic heterocycles. The van der Waals surface area contributed by atoms with Crippen molar-refractivity contribution >= 4 is 27.5 Å². The summed E-state index contributed by atoms with van der Waals surface area (Å²) in [7, 11) is -3.77. The van der Waals surface area contributed by atoms with Crippen molar-refractivity contribution in [3.63, 3.8) is 0 Å². The van der Waals surface area contributed by atoms with Crippen LogP contribution in [0, 0.1) is 11.3 Å². The highest BCUT2D eigenvalue weighted by Gasteiger charge is 2.31. The average Bonchev–Trinajstić information content (AvgIpc) is 2.69. The zero-order chi connectivity index (χ0) is 19.4. The second kappa shape index (κ2) is 8.09. The fraction of sp³-hybridized carbons (Fsp3) is 0.263. The van der Waals surface area contributed by atoms with E-state index in [1.165, 1.54) is 16.4 Å². The summed E-state index contributed by atoms with van der Waals surface area (Å²) >= 11 is 6.10. The number of amides is 1. The molecule has 0 bridgehead atoms. The van der Waals surface area contributed by atoms with Gasteiger partial charge in [-0.15, -0.1) is 0 Å². The van der Waals surface area contributed by atoms with Gasteiger partial charge in [0.25, 0.3) is 0 Å². The van der Waals surface area contributed by atoms with Crippen molar-refractivity contribution in [2.45, 2.75) is 11.3 Å². The van der Waals surface area contributed by atoms with Crippen LogP contribution in [0.1, 0.15) is 11.1 Å². The first-order valence-corrected chi connectivity index (χ1v) is 10.3. The predicted molar refractivity (Wildman–Crippen MR) is 102 cm³/mol. The molecule has 0 saturated carbocycles. The molecule has 1 fully saturated rings. The highest BCUT2D eigenvalue weighted by Crippen LogP contribution is 2.22. The van der Waals surface area contributed by atoms with Gasteiger partial charge in [-0.3, -0.25) is 4.79 Å². The zero-order valence-corrected chi connectivity index (χ0v) is 16.1. The maximum atomic E-state index is 12.8. The highest BCUT2D eigenvalue weighted by molar-refractivity contribution is 7.89. The van der Waals surface area contributed by atoms with Gasteiger partial charge in [-0.2, -0.15) is 9.57 Å². The lowest BCUT2D eigenvalue weighted by atomic mass is 10.1. The highest BCUT2D eigenvalue weighted by atomic mass is 35.5. The van der Waals surface area contributed by atoms with E-state index >= 15 is 0 Å². The van der Waals surface area contributed by atoms with Crippen LogP contribution in [0.4, 0.5) is 0 Å². The third-order valence-corrected chi connectivity index (χ3v) is 6.84. The molecule has 1 aliphatic rings. The van der Waals surface area contributed by atoms with Gasteiger partial charge in [0.05, 0.1) is 16.9 Å². The van der Waals surface area contributed by atoms with Crippen molar-refractivity contribution in [3.05, 3.63) is 64.7 Å². The van der Waals surface area contributed by atoms with Gasteiger partial charge >= 0.3 is 0 Å². The number of rotatable bonds is 4. The molecule has 1 heterocycles. The molecule has 2 aromatic rings.